The Morgan fingerprint density at radius 2 is 1.88 bits per heavy atom. The molecule has 3 aliphatic rings. The molecular weight excluding hydrogens is 342 g/mol. The SMILES string of the molecule is O=C1NNCC(N2CCN(CC3C(F)CCCC3F)C(=O)C2)C1Cl. The first kappa shape index (κ1) is 17.8. The molecule has 2 heterocycles. The fourth-order valence-corrected chi connectivity index (χ4v) is 4.06. The Morgan fingerprint density at radius 1 is 1.17 bits per heavy atom. The molecule has 3 rings (SSSR count). The summed E-state index contributed by atoms with van der Waals surface area (Å²) in [7, 11) is 0. The first-order valence-corrected chi connectivity index (χ1v) is 8.87. The Bertz CT molecular complexity index is 488. The van der Waals surface area contributed by atoms with E-state index in [-0.39, 0.29) is 30.9 Å². The number of nitrogens with one attached hydrogen (secondary N) is 2. The Kier molecular flexibility index (Phi) is 5.56. The van der Waals surface area contributed by atoms with Gasteiger partial charge in [-0.25, -0.2) is 14.2 Å². The van der Waals surface area contributed by atoms with Gasteiger partial charge >= 0.3 is 0 Å². The van der Waals surface area contributed by atoms with E-state index in [0.717, 1.165) is 0 Å². The standard InChI is InChI=1S/C15H23ClF2N4O2/c16-14-12(6-19-20-15(14)24)21-4-5-22(13(23)8-21)7-9-10(17)2-1-3-11(9)18/h9-12,14,19H,1-8H2,(H,20,24). The lowest BCUT2D eigenvalue weighted by Gasteiger charge is -2.43. The summed E-state index contributed by atoms with van der Waals surface area (Å²) in [5.74, 6) is -1.20. The largest absolute Gasteiger partial charge is 0.340 e. The van der Waals surface area contributed by atoms with Crippen molar-refractivity contribution in [3.63, 3.8) is 0 Å². The molecule has 3 fully saturated rings. The van der Waals surface area contributed by atoms with Gasteiger partial charge in [0.15, 0.2) is 0 Å². The van der Waals surface area contributed by atoms with Crippen LogP contribution in [-0.2, 0) is 9.59 Å². The molecular formula is C15H23ClF2N4O2. The Morgan fingerprint density at radius 3 is 2.54 bits per heavy atom. The van der Waals surface area contributed by atoms with E-state index in [1.165, 1.54) is 0 Å². The number of hydrogen-bond acceptors (Lipinski definition) is 4. The van der Waals surface area contributed by atoms with Crippen molar-refractivity contribution >= 4 is 23.4 Å². The molecule has 0 aromatic rings. The summed E-state index contributed by atoms with van der Waals surface area (Å²) in [4.78, 5) is 27.4. The van der Waals surface area contributed by atoms with E-state index in [2.05, 4.69) is 10.9 Å². The van der Waals surface area contributed by atoms with E-state index in [1.54, 1.807) is 4.90 Å². The normalized spacial score (nSPS) is 39.0. The van der Waals surface area contributed by atoms with Gasteiger partial charge in [-0.1, -0.05) is 0 Å². The molecule has 0 aromatic carbocycles. The molecule has 2 aliphatic heterocycles. The van der Waals surface area contributed by atoms with Gasteiger partial charge in [0.1, 0.15) is 17.7 Å². The zero-order chi connectivity index (χ0) is 17.3. The van der Waals surface area contributed by atoms with Crippen LogP contribution in [-0.4, -0.2) is 78.1 Å². The van der Waals surface area contributed by atoms with Gasteiger partial charge in [-0.05, 0) is 19.3 Å². The minimum Gasteiger partial charge on any atom is -0.340 e. The number of nitrogens with zero attached hydrogens (tertiary/aromatic N) is 2. The summed E-state index contributed by atoms with van der Waals surface area (Å²) in [5.41, 5.74) is 5.22. The monoisotopic (exact) mass is 364 g/mol. The van der Waals surface area contributed by atoms with Crippen LogP contribution in [0.4, 0.5) is 8.78 Å². The summed E-state index contributed by atoms with van der Waals surface area (Å²) in [6, 6.07) is -0.274. The molecule has 2 saturated heterocycles. The topological polar surface area (TPSA) is 64.7 Å². The minimum atomic E-state index is -1.18. The molecule has 0 radical (unpaired) electrons. The molecule has 0 bridgehead atoms. The highest BCUT2D eigenvalue weighted by Gasteiger charge is 2.40. The number of piperazine rings is 1. The van der Waals surface area contributed by atoms with E-state index in [9.17, 15) is 18.4 Å². The van der Waals surface area contributed by atoms with Gasteiger partial charge in [0.05, 0.1) is 6.54 Å². The van der Waals surface area contributed by atoms with Gasteiger partial charge in [0, 0.05) is 38.1 Å². The third-order valence-corrected chi connectivity index (χ3v) is 5.74. The second-order valence-corrected chi connectivity index (χ2v) is 7.25. The lowest BCUT2D eigenvalue weighted by molar-refractivity contribution is -0.140. The minimum absolute atomic E-state index is 0.115. The number of alkyl halides is 3. The van der Waals surface area contributed by atoms with Crippen molar-refractivity contribution < 1.29 is 18.4 Å². The lowest BCUT2D eigenvalue weighted by Crippen LogP contribution is -2.65. The van der Waals surface area contributed by atoms with Crippen molar-refractivity contribution in [3.8, 4) is 0 Å². The number of rotatable bonds is 3. The summed E-state index contributed by atoms with van der Waals surface area (Å²) in [5, 5.41) is -0.727. The van der Waals surface area contributed by atoms with Gasteiger partial charge in [0.2, 0.25) is 5.91 Å². The molecule has 2 N–H and O–H groups in total. The number of hydrazine groups is 1. The Balaban J connectivity index is 1.57. The van der Waals surface area contributed by atoms with Gasteiger partial charge in [-0.15, -0.1) is 11.6 Å². The molecule has 9 heteroatoms. The average molecular weight is 365 g/mol. The lowest BCUT2D eigenvalue weighted by atomic mass is 9.85. The zero-order valence-corrected chi connectivity index (χ0v) is 14.1. The third kappa shape index (κ3) is 3.65. The molecule has 24 heavy (non-hydrogen) atoms. The van der Waals surface area contributed by atoms with E-state index in [4.69, 9.17) is 11.6 Å². The van der Waals surface area contributed by atoms with Crippen molar-refractivity contribution in [2.45, 2.75) is 43.0 Å². The first-order valence-electron chi connectivity index (χ1n) is 8.44. The van der Waals surface area contributed by atoms with Crippen LogP contribution in [0.5, 0.6) is 0 Å². The van der Waals surface area contributed by atoms with E-state index in [0.29, 0.717) is 38.9 Å². The predicted octanol–water partition coefficient (Wildman–Crippen LogP) is 0.217. The fourth-order valence-electron chi connectivity index (χ4n) is 3.75. The number of carbonyl (C=O) groups excluding carboxylic acids is 2. The van der Waals surface area contributed by atoms with E-state index < -0.39 is 23.6 Å². The molecule has 136 valence electrons. The number of halogens is 3. The van der Waals surface area contributed by atoms with Crippen LogP contribution >= 0.6 is 11.6 Å². The number of carbonyl (C=O) groups is 2. The highest BCUT2D eigenvalue weighted by Crippen LogP contribution is 2.31. The van der Waals surface area contributed by atoms with E-state index in [1.807, 2.05) is 4.90 Å². The molecule has 6 nitrogen and oxygen atoms in total. The van der Waals surface area contributed by atoms with Crippen molar-refractivity contribution in [3.05, 3.63) is 0 Å². The maximum Gasteiger partial charge on any atom is 0.253 e. The van der Waals surface area contributed by atoms with E-state index >= 15 is 0 Å². The van der Waals surface area contributed by atoms with Gasteiger partial charge in [-0.2, -0.15) is 0 Å². The second kappa shape index (κ2) is 7.49. The fraction of sp³-hybridized carbons (Fsp3) is 0.867. The summed E-state index contributed by atoms with van der Waals surface area (Å²) in [6.07, 6.45) is -1.06. The van der Waals surface area contributed by atoms with Crippen molar-refractivity contribution in [1.29, 1.82) is 0 Å². The van der Waals surface area contributed by atoms with Gasteiger partial charge in [-0.3, -0.25) is 19.9 Å². The molecule has 0 spiro atoms. The van der Waals surface area contributed by atoms with Crippen LogP contribution in [0.3, 0.4) is 0 Å². The molecule has 0 aromatic heterocycles. The number of amides is 2. The molecule has 4 atom stereocenters. The summed E-state index contributed by atoms with van der Waals surface area (Å²) in [6.45, 7) is 1.63. The third-order valence-electron chi connectivity index (χ3n) is 5.25. The van der Waals surface area contributed by atoms with Crippen molar-refractivity contribution in [2.24, 2.45) is 5.92 Å². The second-order valence-electron chi connectivity index (χ2n) is 6.78. The highest BCUT2D eigenvalue weighted by atomic mass is 35.5. The molecule has 1 aliphatic carbocycles. The molecule has 4 unspecified atom stereocenters. The first-order chi connectivity index (χ1) is 11.5. The Labute approximate surface area is 144 Å². The summed E-state index contributed by atoms with van der Waals surface area (Å²) < 4.78 is 28.0. The molecule has 1 saturated carbocycles. The smallest absolute Gasteiger partial charge is 0.253 e. The molecule has 2 amide bonds. The highest BCUT2D eigenvalue weighted by molar-refractivity contribution is 6.31. The van der Waals surface area contributed by atoms with Crippen LogP contribution in [0, 0.1) is 5.92 Å². The maximum absolute atomic E-state index is 14.0. The van der Waals surface area contributed by atoms with Gasteiger partial charge in [0.25, 0.3) is 5.91 Å². The van der Waals surface area contributed by atoms with Crippen LogP contribution < -0.4 is 10.9 Å². The summed E-state index contributed by atoms with van der Waals surface area (Å²) >= 11 is 6.13. The number of hydrogen-bond donors (Lipinski definition) is 2. The zero-order valence-electron chi connectivity index (χ0n) is 13.4. The van der Waals surface area contributed by atoms with Crippen molar-refractivity contribution in [2.75, 3.05) is 32.7 Å². The van der Waals surface area contributed by atoms with Crippen LogP contribution in [0.25, 0.3) is 0 Å². The van der Waals surface area contributed by atoms with Crippen molar-refractivity contribution in [1.82, 2.24) is 20.7 Å². The van der Waals surface area contributed by atoms with Crippen LogP contribution in [0.15, 0.2) is 0 Å². The van der Waals surface area contributed by atoms with Crippen LogP contribution in [0.1, 0.15) is 19.3 Å². The average Bonchev–Trinajstić information content (AvgIpc) is 2.55. The van der Waals surface area contributed by atoms with Gasteiger partial charge < -0.3 is 4.90 Å². The Hall–Kier alpha value is -0.990. The van der Waals surface area contributed by atoms with Crippen LogP contribution in [0.2, 0.25) is 0 Å². The predicted molar refractivity (Wildman–Crippen MR) is 84.9 cm³/mol. The maximum atomic E-state index is 14.0. The quantitative estimate of drug-likeness (QED) is 0.703.